The quantitative estimate of drug-likeness (QED) is 0.825. The Morgan fingerprint density at radius 1 is 1.07 bits per heavy atom. The monoisotopic (exact) mass is 388 g/mol. The van der Waals surface area contributed by atoms with E-state index in [0.717, 1.165) is 11.3 Å². The van der Waals surface area contributed by atoms with Crippen LogP contribution in [0.3, 0.4) is 0 Å². The van der Waals surface area contributed by atoms with Crippen molar-refractivity contribution in [1.29, 1.82) is 0 Å². The van der Waals surface area contributed by atoms with Crippen LogP contribution < -0.4 is 10.1 Å². The Balaban J connectivity index is 1.55. The number of rotatable bonds is 6. The highest BCUT2D eigenvalue weighted by atomic mass is 32.2. The van der Waals surface area contributed by atoms with E-state index in [9.17, 15) is 13.2 Å². The molecular formula is C20H24N2O4S. The lowest BCUT2D eigenvalue weighted by Crippen LogP contribution is -2.42. The molecule has 0 spiro atoms. The first kappa shape index (κ1) is 19.4. The zero-order valence-corrected chi connectivity index (χ0v) is 16.1. The number of nitrogens with zero attached hydrogens (tertiary/aromatic N) is 1. The number of ether oxygens (including phenoxy) is 1. The van der Waals surface area contributed by atoms with E-state index in [1.54, 1.807) is 37.4 Å². The van der Waals surface area contributed by atoms with Crippen LogP contribution in [0.5, 0.6) is 5.75 Å². The molecule has 144 valence electrons. The van der Waals surface area contributed by atoms with Crippen LogP contribution in [0.2, 0.25) is 0 Å². The lowest BCUT2D eigenvalue weighted by atomic mass is 9.97. The molecule has 1 saturated heterocycles. The van der Waals surface area contributed by atoms with Crippen LogP contribution in [-0.2, 0) is 21.4 Å². The summed E-state index contributed by atoms with van der Waals surface area (Å²) in [6.07, 6.45) is 1.04. The van der Waals surface area contributed by atoms with Gasteiger partial charge < -0.3 is 10.1 Å². The average molecular weight is 388 g/mol. The molecule has 7 heteroatoms. The van der Waals surface area contributed by atoms with Gasteiger partial charge in [0.25, 0.3) is 0 Å². The van der Waals surface area contributed by atoms with Crippen molar-refractivity contribution in [2.75, 3.05) is 20.2 Å². The van der Waals surface area contributed by atoms with Crippen molar-refractivity contribution in [2.45, 2.75) is 24.3 Å². The predicted molar refractivity (Wildman–Crippen MR) is 103 cm³/mol. The SMILES string of the molecule is COc1ccccc1CNC(=O)C1CCN(S(=O)(=O)c2ccccc2)CC1. The van der Waals surface area contributed by atoms with Gasteiger partial charge in [-0.3, -0.25) is 4.79 Å². The molecular weight excluding hydrogens is 364 g/mol. The maximum absolute atomic E-state index is 12.7. The number of para-hydroxylation sites is 1. The van der Waals surface area contributed by atoms with Gasteiger partial charge in [0.1, 0.15) is 5.75 Å². The number of piperidine rings is 1. The minimum Gasteiger partial charge on any atom is -0.496 e. The van der Waals surface area contributed by atoms with Crippen molar-refractivity contribution in [2.24, 2.45) is 5.92 Å². The zero-order valence-electron chi connectivity index (χ0n) is 15.3. The molecule has 1 N–H and O–H groups in total. The van der Waals surface area contributed by atoms with Gasteiger partial charge in [-0.05, 0) is 31.0 Å². The molecule has 3 rings (SSSR count). The van der Waals surface area contributed by atoms with Gasteiger partial charge in [-0.15, -0.1) is 0 Å². The van der Waals surface area contributed by atoms with Crippen LogP contribution in [0.15, 0.2) is 59.5 Å². The highest BCUT2D eigenvalue weighted by Gasteiger charge is 2.31. The molecule has 27 heavy (non-hydrogen) atoms. The van der Waals surface area contributed by atoms with Gasteiger partial charge in [0.05, 0.1) is 12.0 Å². The van der Waals surface area contributed by atoms with Gasteiger partial charge >= 0.3 is 0 Å². The van der Waals surface area contributed by atoms with Crippen molar-refractivity contribution in [3.05, 3.63) is 60.2 Å². The average Bonchev–Trinajstić information content (AvgIpc) is 2.73. The number of amides is 1. The van der Waals surface area contributed by atoms with Gasteiger partial charge in [-0.1, -0.05) is 36.4 Å². The Labute approximate surface area is 160 Å². The first-order valence-corrected chi connectivity index (χ1v) is 10.4. The van der Waals surface area contributed by atoms with Crippen LogP contribution in [0.25, 0.3) is 0 Å². The van der Waals surface area contributed by atoms with Gasteiger partial charge in [-0.2, -0.15) is 4.31 Å². The summed E-state index contributed by atoms with van der Waals surface area (Å²) >= 11 is 0. The minimum absolute atomic E-state index is 0.0438. The van der Waals surface area contributed by atoms with Crippen molar-refractivity contribution in [3.63, 3.8) is 0 Å². The van der Waals surface area contributed by atoms with Crippen molar-refractivity contribution in [1.82, 2.24) is 9.62 Å². The van der Waals surface area contributed by atoms with Gasteiger partial charge in [0.2, 0.25) is 15.9 Å². The highest BCUT2D eigenvalue weighted by Crippen LogP contribution is 2.24. The number of benzene rings is 2. The second kappa shape index (κ2) is 8.54. The van der Waals surface area contributed by atoms with Crippen LogP contribution in [0, 0.1) is 5.92 Å². The molecule has 0 saturated carbocycles. The smallest absolute Gasteiger partial charge is 0.243 e. The molecule has 0 aliphatic carbocycles. The van der Waals surface area contributed by atoms with E-state index < -0.39 is 10.0 Å². The third kappa shape index (κ3) is 4.48. The van der Waals surface area contributed by atoms with Gasteiger partial charge in [0, 0.05) is 31.1 Å². The second-order valence-electron chi connectivity index (χ2n) is 6.52. The Morgan fingerprint density at radius 3 is 2.37 bits per heavy atom. The fourth-order valence-electron chi connectivity index (χ4n) is 3.28. The van der Waals surface area contributed by atoms with E-state index >= 15 is 0 Å². The van der Waals surface area contributed by atoms with E-state index in [2.05, 4.69) is 5.32 Å². The number of methoxy groups -OCH3 is 1. The Hall–Kier alpha value is -2.38. The van der Waals surface area contributed by atoms with Crippen LogP contribution in [0.4, 0.5) is 0 Å². The summed E-state index contributed by atoms with van der Waals surface area (Å²) in [6.45, 7) is 1.10. The molecule has 0 radical (unpaired) electrons. The molecule has 1 heterocycles. The molecule has 2 aromatic carbocycles. The van der Waals surface area contributed by atoms with Crippen molar-refractivity contribution < 1.29 is 17.9 Å². The lowest BCUT2D eigenvalue weighted by Gasteiger charge is -2.30. The van der Waals surface area contributed by atoms with E-state index in [-0.39, 0.29) is 11.8 Å². The Bertz CT molecular complexity index is 876. The molecule has 0 aromatic heterocycles. The van der Waals surface area contributed by atoms with E-state index in [0.29, 0.717) is 37.4 Å². The normalized spacial score (nSPS) is 16.0. The number of hydrogen-bond acceptors (Lipinski definition) is 4. The third-order valence-corrected chi connectivity index (χ3v) is 6.76. The number of carbonyl (C=O) groups excluding carboxylic acids is 1. The fraction of sp³-hybridized carbons (Fsp3) is 0.350. The highest BCUT2D eigenvalue weighted by molar-refractivity contribution is 7.89. The first-order chi connectivity index (χ1) is 13.0. The molecule has 1 amide bonds. The molecule has 2 aromatic rings. The second-order valence-corrected chi connectivity index (χ2v) is 8.46. The maximum Gasteiger partial charge on any atom is 0.243 e. The lowest BCUT2D eigenvalue weighted by molar-refractivity contribution is -0.126. The fourth-order valence-corrected chi connectivity index (χ4v) is 4.77. The topological polar surface area (TPSA) is 75.7 Å². The zero-order chi connectivity index (χ0) is 19.3. The van der Waals surface area contributed by atoms with Crippen LogP contribution in [0.1, 0.15) is 18.4 Å². The first-order valence-electron chi connectivity index (χ1n) is 8.97. The summed E-state index contributed by atoms with van der Waals surface area (Å²) in [6, 6.07) is 16.0. The Kier molecular flexibility index (Phi) is 6.13. The predicted octanol–water partition coefficient (Wildman–Crippen LogP) is 2.41. The van der Waals surface area contributed by atoms with Crippen molar-refractivity contribution >= 4 is 15.9 Å². The van der Waals surface area contributed by atoms with Gasteiger partial charge in [0.15, 0.2) is 0 Å². The molecule has 1 fully saturated rings. The van der Waals surface area contributed by atoms with Crippen LogP contribution in [-0.4, -0.2) is 38.8 Å². The van der Waals surface area contributed by atoms with E-state index in [1.807, 2.05) is 24.3 Å². The summed E-state index contributed by atoms with van der Waals surface area (Å²) in [5.41, 5.74) is 0.914. The molecule has 0 atom stereocenters. The molecule has 0 bridgehead atoms. The standard InChI is InChI=1S/C20H24N2O4S/c1-26-19-10-6-5-7-17(19)15-21-20(23)16-11-13-22(14-12-16)27(24,25)18-8-3-2-4-9-18/h2-10,16H,11-15H2,1H3,(H,21,23). The molecule has 1 aliphatic heterocycles. The maximum atomic E-state index is 12.7. The van der Waals surface area contributed by atoms with Gasteiger partial charge in [-0.25, -0.2) is 8.42 Å². The van der Waals surface area contributed by atoms with E-state index in [1.165, 1.54) is 4.31 Å². The summed E-state index contributed by atoms with van der Waals surface area (Å²) < 4.78 is 32.1. The number of nitrogens with one attached hydrogen (secondary N) is 1. The summed E-state index contributed by atoms with van der Waals surface area (Å²) in [5, 5.41) is 2.94. The minimum atomic E-state index is -3.49. The summed E-state index contributed by atoms with van der Waals surface area (Å²) in [7, 11) is -1.89. The number of carbonyl (C=O) groups is 1. The summed E-state index contributed by atoms with van der Waals surface area (Å²) in [4.78, 5) is 12.8. The number of hydrogen-bond donors (Lipinski definition) is 1. The third-order valence-electron chi connectivity index (χ3n) is 4.85. The molecule has 1 aliphatic rings. The van der Waals surface area contributed by atoms with E-state index in [4.69, 9.17) is 4.74 Å². The number of sulfonamides is 1. The van der Waals surface area contributed by atoms with Crippen LogP contribution >= 0.6 is 0 Å². The largest absolute Gasteiger partial charge is 0.496 e. The summed E-state index contributed by atoms with van der Waals surface area (Å²) in [5.74, 6) is 0.515. The molecule has 6 nitrogen and oxygen atoms in total. The molecule has 0 unspecified atom stereocenters. The van der Waals surface area contributed by atoms with Crippen molar-refractivity contribution in [3.8, 4) is 5.75 Å². The Morgan fingerprint density at radius 2 is 1.70 bits per heavy atom.